The predicted molar refractivity (Wildman–Crippen MR) is 111 cm³/mol. The van der Waals surface area contributed by atoms with E-state index in [2.05, 4.69) is 14.6 Å². The van der Waals surface area contributed by atoms with Gasteiger partial charge in [0.25, 0.3) is 0 Å². The summed E-state index contributed by atoms with van der Waals surface area (Å²) in [6.45, 7) is 2.50. The van der Waals surface area contributed by atoms with E-state index in [0.29, 0.717) is 16.6 Å². The second kappa shape index (κ2) is 7.20. The van der Waals surface area contributed by atoms with Crippen molar-refractivity contribution < 1.29 is 17.9 Å². The third kappa shape index (κ3) is 3.46. The van der Waals surface area contributed by atoms with Gasteiger partial charge in [0.05, 0.1) is 0 Å². The first-order valence-electron chi connectivity index (χ1n) is 10.2. The molecule has 2 aliphatic rings. The maximum absolute atomic E-state index is 12.9. The normalized spacial score (nSPS) is 20.6. The van der Waals surface area contributed by atoms with Gasteiger partial charge in [-0.3, -0.25) is 0 Å². The van der Waals surface area contributed by atoms with Gasteiger partial charge in [-0.25, -0.2) is 0 Å². The van der Waals surface area contributed by atoms with Crippen molar-refractivity contribution in [3.8, 4) is 5.75 Å². The van der Waals surface area contributed by atoms with Crippen LogP contribution in [0.15, 0.2) is 36.4 Å². The standard InChI is InChI=1S/C23H22ClF3N2O/c1-13-20(30-23(25,26)27)9-8-18-21(13)22-17-7-6-16(28-17)12-19(22)29(18)11-10-14-2-4-15(24)5-3-14/h2-5,8-9,16-17,28H,6-7,10-12H2,1H3. The predicted octanol–water partition coefficient (Wildman–Crippen LogP) is 6.09. The van der Waals surface area contributed by atoms with Crippen molar-refractivity contribution in [2.75, 3.05) is 0 Å². The van der Waals surface area contributed by atoms with E-state index in [1.165, 1.54) is 17.3 Å². The van der Waals surface area contributed by atoms with Gasteiger partial charge in [0.1, 0.15) is 5.75 Å². The van der Waals surface area contributed by atoms with Crippen LogP contribution in [0, 0.1) is 6.92 Å². The van der Waals surface area contributed by atoms with Crippen molar-refractivity contribution in [1.29, 1.82) is 0 Å². The third-order valence-electron chi connectivity index (χ3n) is 6.38. The molecule has 0 saturated carbocycles. The minimum absolute atomic E-state index is 0.118. The summed E-state index contributed by atoms with van der Waals surface area (Å²) in [5.74, 6) is -0.118. The first kappa shape index (κ1) is 19.8. The van der Waals surface area contributed by atoms with Gasteiger partial charge in [0, 0.05) is 52.2 Å². The fourth-order valence-corrected chi connectivity index (χ4v) is 5.22. The smallest absolute Gasteiger partial charge is 0.405 e. The number of benzene rings is 2. The number of alkyl halides is 3. The van der Waals surface area contributed by atoms with Crippen LogP contribution in [-0.2, 0) is 19.4 Å². The summed E-state index contributed by atoms with van der Waals surface area (Å²) in [6.07, 6.45) is -0.869. The fraction of sp³-hybridized carbons (Fsp3) is 0.391. The second-order valence-electron chi connectivity index (χ2n) is 8.22. The van der Waals surface area contributed by atoms with E-state index >= 15 is 0 Å². The van der Waals surface area contributed by atoms with Crippen LogP contribution in [-0.4, -0.2) is 17.0 Å². The van der Waals surface area contributed by atoms with Gasteiger partial charge >= 0.3 is 6.36 Å². The van der Waals surface area contributed by atoms with E-state index < -0.39 is 6.36 Å². The summed E-state index contributed by atoms with van der Waals surface area (Å²) in [5, 5.41) is 5.25. The van der Waals surface area contributed by atoms with Crippen LogP contribution in [0.3, 0.4) is 0 Å². The monoisotopic (exact) mass is 434 g/mol. The van der Waals surface area contributed by atoms with E-state index in [9.17, 15) is 13.2 Å². The fourth-order valence-electron chi connectivity index (χ4n) is 5.10. The van der Waals surface area contributed by atoms with E-state index in [-0.39, 0.29) is 11.8 Å². The molecule has 2 bridgehead atoms. The molecule has 1 aromatic heterocycles. The van der Waals surface area contributed by atoms with Crippen molar-refractivity contribution in [2.45, 2.75) is 57.6 Å². The van der Waals surface area contributed by atoms with Crippen LogP contribution in [0.25, 0.3) is 10.9 Å². The molecule has 7 heteroatoms. The van der Waals surface area contributed by atoms with E-state index in [0.717, 1.165) is 48.7 Å². The summed E-state index contributed by atoms with van der Waals surface area (Å²) in [6, 6.07) is 11.7. The first-order chi connectivity index (χ1) is 14.3. The molecule has 0 aliphatic carbocycles. The van der Waals surface area contributed by atoms with Gasteiger partial charge in [0.2, 0.25) is 0 Å². The highest BCUT2D eigenvalue weighted by Gasteiger charge is 2.38. The number of ether oxygens (including phenoxy) is 1. The zero-order valence-electron chi connectivity index (χ0n) is 16.5. The Hall–Kier alpha value is -2.18. The Morgan fingerprint density at radius 2 is 1.90 bits per heavy atom. The minimum atomic E-state index is -4.70. The van der Waals surface area contributed by atoms with Crippen LogP contribution >= 0.6 is 11.6 Å². The van der Waals surface area contributed by atoms with Crippen molar-refractivity contribution in [3.05, 3.63) is 63.8 Å². The number of hydrogen-bond acceptors (Lipinski definition) is 2. The third-order valence-corrected chi connectivity index (χ3v) is 6.63. The second-order valence-corrected chi connectivity index (χ2v) is 8.65. The molecular weight excluding hydrogens is 413 g/mol. The summed E-state index contributed by atoms with van der Waals surface area (Å²) in [5.41, 5.74) is 5.12. The number of halogens is 4. The first-order valence-corrected chi connectivity index (χ1v) is 10.6. The molecule has 2 unspecified atom stereocenters. The summed E-state index contributed by atoms with van der Waals surface area (Å²) >= 11 is 6.00. The van der Waals surface area contributed by atoms with Gasteiger partial charge in [-0.15, -0.1) is 13.2 Å². The lowest BCUT2D eigenvalue weighted by Crippen LogP contribution is -2.32. The Balaban J connectivity index is 1.60. The lowest BCUT2D eigenvalue weighted by atomic mass is 9.96. The highest BCUT2D eigenvalue weighted by molar-refractivity contribution is 6.30. The molecule has 1 saturated heterocycles. The molecule has 0 radical (unpaired) electrons. The number of hydrogen-bond donors (Lipinski definition) is 1. The van der Waals surface area contributed by atoms with E-state index in [1.807, 2.05) is 24.3 Å². The SMILES string of the molecule is Cc1c(OC(F)(F)F)ccc2c1c1c(n2CCc2ccc(Cl)cc2)CC2CCC1N2. The molecule has 0 spiro atoms. The number of fused-ring (bicyclic) bond motifs is 6. The molecule has 2 atom stereocenters. The highest BCUT2D eigenvalue weighted by Crippen LogP contribution is 2.45. The molecule has 2 aromatic carbocycles. The van der Waals surface area contributed by atoms with Crippen LogP contribution in [0.5, 0.6) is 5.75 Å². The van der Waals surface area contributed by atoms with Gasteiger partial charge in [-0.05, 0) is 61.6 Å². The number of nitrogens with one attached hydrogen (secondary N) is 1. The van der Waals surface area contributed by atoms with Gasteiger partial charge in [-0.1, -0.05) is 23.7 Å². The molecule has 3 heterocycles. The maximum Gasteiger partial charge on any atom is 0.573 e. The topological polar surface area (TPSA) is 26.2 Å². The quantitative estimate of drug-likeness (QED) is 0.537. The Bertz CT molecular complexity index is 1100. The van der Waals surface area contributed by atoms with Crippen LogP contribution < -0.4 is 10.1 Å². The van der Waals surface area contributed by atoms with Crippen LogP contribution in [0.2, 0.25) is 5.02 Å². The lowest BCUT2D eigenvalue weighted by Gasteiger charge is -2.24. The number of aromatic nitrogens is 1. The van der Waals surface area contributed by atoms with Crippen molar-refractivity contribution in [3.63, 3.8) is 0 Å². The molecule has 0 amide bonds. The van der Waals surface area contributed by atoms with Crippen molar-refractivity contribution in [1.82, 2.24) is 9.88 Å². The largest absolute Gasteiger partial charge is 0.573 e. The summed E-state index contributed by atoms with van der Waals surface area (Å²) in [4.78, 5) is 0. The zero-order valence-corrected chi connectivity index (χ0v) is 17.3. The Morgan fingerprint density at radius 3 is 2.63 bits per heavy atom. The Morgan fingerprint density at radius 1 is 1.13 bits per heavy atom. The van der Waals surface area contributed by atoms with Gasteiger partial charge < -0.3 is 14.6 Å². The highest BCUT2D eigenvalue weighted by atomic mass is 35.5. The molecule has 158 valence electrons. The molecule has 5 rings (SSSR count). The van der Waals surface area contributed by atoms with Gasteiger partial charge in [0.15, 0.2) is 0 Å². The average Bonchev–Trinajstić information content (AvgIpc) is 3.22. The summed E-state index contributed by atoms with van der Waals surface area (Å²) < 4.78 is 45.3. The molecule has 30 heavy (non-hydrogen) atoms. The van der Waals surface area contributed by atoms with Crippen LogP contribution in [0.1, 0.15) is 41.3 Å². The zero-order chi connectivity index (χ0) is 21.0. The molecule has 2 aliphatic heterocycles. The summed E-state index contributed by atoms with van der Waals surface area (Å²) in [7, 11) is 0. The van der Waals surface area contributed by atoms with Gasteiger partial charge in [-0.2, -0.15) is 0 Å². The van der Waals surface area contributed by atoms with E-state index in [4.69, 9.17) is 11.6 Å². The molecule has 3 aromatic rings. The Kier molecular flexibility index (Phi) is 4.75. The maximum atomic E-state index is 12.9. The lowest BCUT2D eigenvalue weighted by molar-refractivity contribution is -0.274. The number of rotatable bonds is 4. The minimum Gasteiger partial charge on any atom is -0.405 e. The van der Waals surface area contributed by atoms with Crippen molar-refractivity contribution in [2.24, 2.45) is 0 Å². The van der Waals surface area contributed by atoms with E-state index in [1.54, 1.807) is 13.0 Å². The molecule has 1 N–H and O–H groups in total. The molecule has 3 nitrogen and oxygen atoms in total. The average molecular weight is 435 g/mol. The van der Waals surface area contributed by atoms with Crippen molar-refractivity contribution >= 4 is 22.5 Å². The van der Waals surface area contributed by atoms with Crippen LogP contribution in [0.4, 0.5) is 13.2 Å². The number of aryl methyl sites for hydroxylation is 3. The number of nitrogens with zero attached hydrogens (tertiary/aromatic N) is 1. The Labute approximate surface area is 177 Å². The molecule has 1 fully saturated rings. The molecular formula is C23H22ClF3N2O.